The molecule has 0 aliphatic rings. The summed E-state index contributed by atoms with van der Waals surface area (Å²) in [6.45, 7) is 2.31. The number of amides is 1. The van der Waals surface area contributed by atoms with E-state index in [0.29, 0.717) is 25.1 Å². The summed E-state index contributed by atoms with van der Waals surface area (Å²) >= 11 is 1.38. The quantitative estimate of drug-likeness (QED) is 0.793. The third-order valence-corrected chi connectivity index (χ3v) is 3.63. The van der Waals surface area contributed by atoms with Crippen molar-refractivity contribution in [3.63, 3.8) is 0 Å². The van der Waals surface area contributed by atoms with E-state index in [1.54, 1.807) is 17.3 Å². The number of nitrogens with two attached hydrogens (primary N) is 1. The van der Waals surface area contributed by atoms with Crippen molar-refractivity contribution in [3.05, 3.63) is 16.1 Å². The van der Waals surface area contributed by atoms with E-state index >= 15 is 0 Å². The van der Waals surface area contributed by atoms with Crippen molar-refractivity contribution in [1.82, 2.24) is 9.88 Å². The molecule has 1 aromatic heterocycles. The van der Waals surface area contributed by atoms with Gasteiger partial charge in [-0.25, -0.2) is 4.98 Å². The van der Waals surface area contributed by atoms with Crippen molar-refractivity contribution < 1.29 is 14.3 Å². The Morgan fingerprint density at radius 3 is 2.79 bits per heavy atom. The Balaban J connectivity index is 2.49. The summed E-state index contributed by atoms with van der Waals surface area (Å²) in [6.07, 6.45) is 0.871. The number of esters is 1. The number of aromatic nitrogens is 1. The molecule has 0 aliphatic heterocycles. The van der Waals surface area contributed by atoms with Crippen LogP contribution in [0.1, 0.15) is 41.3 Å². The lowest BCUT2D eigenvalue weighted by atomic mass is 10.3. The first-order valence-electron chi connectivity index (χ1n) is 5.99. The van der Waals surface area contributed by atoms with Crippen molar-refractivity contribution in [2.75, 3.05) is 20.7 Å². The minimum absolute atomic E-state index is 0.159. The van der Waals surface area contributed by atoms with E-state index < -0.39 is 0 Å². The van der Waals surface area contributed by atoms with E-state index in [0.717, 1.165) is 5.01 Å². The average molecular weight is 285 g/mol. The van der Waals surface area contributed by atoms with Crippen molar-refractivity contribution in [2.24, 2.45) is 5.73 Å². The van der Waals surface area contributed by atoms with Crippen LogP contribution in [0.4, 0.5) is 0 Å². The van der Waals surface area contributed by atoms with Gasteiger partial charge in [0.1, 0.15) is 10.7 Å². The molecule has 0 aliphatic carbocycles. The fraction of sp³-hybridized carbons (Fsp3) is 0.583. The molecule has 1 rings (SSSR count). The second-order valence-electron chi connectivity index (χ2n) is 4.27. The molecule has 7 heteroatoms. The lowest BCUT2D eigenvalue weighted by molar-refractivity contribution is -0.140. The monoisotopic (exact) mass is 285 g/mol. The van der Waals surface area contributed by atoms with Crippen molar-refractivity contribution in [3.8, 4) is 0 Å². The Labute approximate surface area is 116 Å². The number of rotatable bonds is 6. The van der Waals surface area contributed by atoms with Crippen LogP contribution in [0.25, 0.3) is 0 Å². The number of hydrogen-bond acceptors (Lipinski definition) is 6. The molecule has 0 fully saturated rings. The number of carbonyl (C=O) groups excluding carboxylic acids is 2. The molecule has 1 amide bonds. The van der Waals surface area contributed by atoms with E-state index in [1.165, 1.54) is 18.4 Å². The highest BCUT2D eigenvalue weighted by Gasteiger charge is 2.16. The zero-order valence-corrected chi connectivity index (χ0v) is 12.2. The lowest BCUT2D eigenvalue weighted by Gasteiger charge is -2.15. The summed E-state index contributed by atoms with van der Waals surface area (Å²) in [7, 11) is 3.03. The van der Waals surface area contributed by atoms with Gasteiger partial charge in [-0.2, -0.15) is 0 Å². The fourth-order valence-corrected chi connectivity index (χ4v) is 2.21. The Morgan fingerprint density at radius 2 is 2.26 bits per heavy atom. The summed E-state index contributed by atoms with van der Waals surface area (Å²) in [5, 5.41) is 2.45. The molecule has 0 saturated carbocycles. The van der Waals surface area contributed by atoms with Crippen molar-refractivity contribution >= 4 is 23.2 Å². The molecule has 19 heavy (non-hydrogen) atoms. The third-order valence-electron chi connectivity index (χ3n) is 2.58. The summed E-state index contributed by atoms with van der Waals surface area (Å²) in [5.74, 6) is -0.429. The Bertz CT molecular complexity index is 445. The number of methoxy groups -OCH3 is 1. The van der Waals surface area contributed by atoms with Crippen LogP contribution in [-0.4, -0.2) is 42.5 Å². The SMILES string of the molecule is COC(=O)CCCN(C)C(=O)c1csc(C(C)N)n1. The zero-order chi connectivity index (χ0) is 14.4. The highest BCUT2D eigenvalue weighted by atomic mass is 32.1. The van der Waals surface area contributed by atoms with E-state index in [9.17, 15) is 9.59 Å². The molecule has 1 atom stereocenters. The molecule has 0 bridgehead atoms. The minimum atomic E-state index is -0.270. The Hall–Kier alpha value is -1.47. The van der Waals surface area contributed by atoms with E-state index in [4.69, 9.17) is 5.73 Å². The molecule has 1 heterocycles. The Morgan fingerprint density at radius 1 is 1.58 bits per heavy atom. The predicted molar refractivity (Wildman–Crippen MR) is 72.9 cm³/mol. The lowest BCUT2D eigenvalue weighted by Crippen LogP contribution is -2.28. The highest BCUT2D eigenvalue weighted by molar-refractivity contribution is 7.09. The number of hydrogen-bond donors (Lipinski definition) is 1. The predicted octanol–water partition coefficient (Wildman–Crippen LogP) is 1.19. The van der Waals surface area contributed by atoms with Crippen LogP contribution >= 0.6 is 11.3 Å². The summed E-state index contributed by atoms with van der Waals surface area (Å²) in [4.78, 5) is 28.7. The molecule has 0 saturated heterocycles. The molecule has 0 aromatic carbocycles. The van der Waals surface area contributed by atoms with Crippen LogP contribution in [0.5, 0.6) is 0 Å². The maximum atomic E-state index is 12.0. The molecule has 0 spiro atoms. The average Bonchev–Trinajstić information content (AvgIpc) is 2.87. The normalized spacial score (nSPS) is 12.0. The van der Waals surface area contributed by atoms with Gasteiger partial charge in [0.25, 0.3) is 5.91 Å². The van der Waals surface area contributed by atoms with Gasteiger partial charge in [0.05, 0.1) is 13.2 Å². The molecule has 1 aromatic rings. The van der Waals surface area contributed by atoms with E-state index in [1.807, 2.05) is 6.92 Å². The molecule has 0 radical (unpaired) electrons. The van der Waals surface area contributed by atoms with E-state index in [2.05, 4.69) is 9.72 Å². The van der Waals surface area contributed by atoms with Crippen LogP contribution in [0, 0.1) is 0 Å². The first-order chi connectivity index (χ1) is 8.95. The first kappa shape index (κ1) is 15.6. The van der Waals surface area contributed by atoms with Gasteiger partial charge in [0.15, 0.2) is 0 Å². The summed E-state index contributed by atoms with van der Waals surface area (Å²) in [5.41, 5.74) is 6.10. The van der Waals surface area contributed by atoms with Gasteiger partial charge in [-0.1, -0.05) is 0 Å². The van der Waals surface area contributed by atoms with Crippen molar-refractivity contribution in [1.29, 1.82) is 0 Å². The Kier molecular flexibility index (Phi) is 5.91. The van der Waals surface area contributed by atoms with Gasteiger partial charge >= 0.3 is 5.97 Å². The topological polar surface area (TPSA) is 85.5 Å². The van der Waals surface area contributed by atoms with Crippen molar-refractivity contribution in [2.45, 2.75) is 25.8 Å². The van der Waals surface area contributed by atoms with Crippen LogP contribution < -0.4 is 5.73 Å². The van der Waals surface area contributed by atoms with Gasteiger partial charge in [-0.3, -0.25) is 9.59 Å². The van der Waals surface area contributed by atoms with Crippen LogP contribution in [0.3, 0.4) is 0 Å². The maximum Gasteiger partial charge on any atom is 0.305 e. The first-order valence-corrected chi connectivity index (χ1v) is 6.87. The minimum Gasteiger partial charge on any atom is -0.469 e. The molecule has 106 valence electrons. The largest absolute Gasteiger partial charge is 0.469 e. The second-order valence-corrected chi connectivity index (χ2v) is 5.16. The van der Waals surface area contributed by atoms with Gasteiger partial charge in [0.2, 0.25) is 0 Å². The molecular formula is C12H19N3O3S. The standard InChI is InChI=1S/C12H19N3O3S/c1-8(13)11-14-9(7-19-11)12(17)15(2)6-4-5-10(16)18-3/h7-8H,4-6,13H2,1-3H3. The number of ether oxygens (including phenoxy) is 1. The maximum absolute atomic E-state index is 12.0. The second kappa shape index (κ2) is 7.20. The fourth-order valence-electron chi connectivity index (χ4n) is 1.45. The van der Waals surface area contributed by atoms with Gasteiger partial charge in [-0.15, -0.1) is 11.3 Å². The van der Waals surface area contributed by atoms with Crippen LogP contribution in [-0.2, 0) is 9.53 Å². The smallest absolute Gasteiger partial charge is 0.305 e. The van der Waals surface area contributed by atoms with Gasteiger partial charge < -0.3 is 15.4 Å². The summed E-state index contributed by atoms with van der Waals surface area (Å²) in [6, 6.07) is -0.170. The molecule has 6 nitrogen and oxygen atoms in total. The molecule has 2 N–H and O–H groups in total. The number of thiazole rings is 1. The van der Waals surface area contributed by atoms with Gasteiger partial charge in [0, 0.05) is 25.4 Å². The molecular weight excluding hydrogens is 266 g/mol. The highest BCUT2D eigenvalue weighted by Crippen LogP contribution is 2.16. The number of nitrogens with zero attached hydrogens (tertiary/aromatic N) is 2. The summed E-state index contributed by atoms with van der Waals surface area (Å²) < 4.78 is 4.54. The van der Waals surface area contributed by atoms with E-state index in [-0.39, 0.29) is 17.9 Å². The number of carbonyl (C=O) groups is 2. The molecule has 1 unspecified atom stereocenters. The van der Waals surface area contributed by atoms with Crippen LogP contribution in [0.2, 0.25) is 0 Å². The van der Waals surface area contributed by atoms with Crippen LogP contribution in [0.15, 0.2) is 5.38 Å². The zero-order valence-electron chi connectivity index (χ0n) is 11.4. The van der Waals surface area contributed by atoms with Gasteiger partial charge in [-0.05, 0) is 13.3 Å². The third kappa shape index (κ3) is 4.60.